The highest BCUT2D eigenvalue weighted by Crippen LogP contribution is 2.39. The monoisotopic (exact) mass is 716 g/mol. The van der Waals surface area contributed by atoms with Crippen LogP contribution in [0, 0.1) is 6.92 Å². The molecule has 2 aliphatic heterocycles. The average molecular weight is 717 g/mol. The van der Waals surface area contributed by atoms with Gasteiger partial charge in [-0.1, -0.05) is 69.2 Å². The van der Waals surface area contributed by atoms with Crippen LogP contribution in [0.3, 0.4) is 0 Å². The van der Waals surface area contributed by atoms with Crippen LogP contribution in [0.1, 0.15) is 101 Å². The van der Waals surface area contributed by atoms with E-state index in [1.54, 1.807) is 0 Å². The maximum absolute atomic E-state index is 15.0. The fourth-order valence-electron chi connectivity index (χ4n) is 8.29. The normalized spacial score (nSPS) is 15.4. The van der Waals surface area contributed by atoms with E-state index in [0.29, 0.717) is 26.2 Å². The number of benzene rings is 3. The van der Waals surface area contributed by atoms with Crippen LogP contribution in [0.5, 0.6) is 5.75 Å². The first-order valence-corrected chi connectivity index (χ1v) is 19.9. The van der Waals surface area contributed by atoms with Crippen molar-refractivity contribution in [3.05, 3.63) is 111 Å². The summed E-state index contributed by atoms with van der Waals surface area (Å²) in [6.45, 7) is 12.1. The lowest BCUT2D eigenvalue weighted by atomic mass is 9.87. The van der Waals surface area contributed by atoms with Crippen LogP contribution in [0.25, 0.3) is 11.3 Å². The van der Waals surface area contributed by atoms with E-state index < -0.39 is 0 Å². The van der Waals surface area contributed by atoms with Crippen LogP contribution in [-0.2, 0) is 57.0 Å². The van der Waals surface area contributed by atoms with E-state index in [2.05, 4.69) is 85.5 Å². The van der Waals surface area contributed by atoms with E-state index in [0.717, 1.165) is 85.9 Å². The van der Waals surface area contributed by atoms with Crippen molar-refractivity contribution in [1.29, 1.82) is 0 Å². The Bertz CT molecular complexity index is 1920. The van der Waals surface area contributed by atoms with Gasteiger partial charge in [-0.3, -0.25) is 9.59 Å². The zero-order valence-electron chi connectivity index (χ0n) is 33.3. The van der Waals surface area contributed by atoms with Crippen LogP contribution in [0.15, 0.2) is 60.7 Å². The molecule has 3 aromatic carbocycles. The molecule has 6 rings (SSSR count). The molecule has 3 heterocycles. The van der Waals surface area contributed by atoms with Crippen molar-refractivity contribution in [1.82, 2.24) is 19.3 Å². The zero-order valence-corrected chi connectivity index (χ0v) is 33.3. The number of hydrogen-bond donors (Lipinski definition) is 0. The molecule has 0 unspecified atom stereocenters. The Morgan fingerprint density at radius 1 is 0.868 bits per heavy atom. The van der Waals surface area contributed by atoms with Crippen molar-refractivity contribution in [2.75, 3.05) is 33.8 Å². The van der Waals surface area contributed by atoms with Gasteiger partial charge < -0.3 is 24.0 Å². The minimum absolute atomic E-state index is 0.0763. The first kappa shape index (κ1) is 38.4. The third-order valence-electron chi connectivity index (χ3n) is 11.6. The summed E-state index contributed by atoms with van der Waals surface area (Å²) in [7, 11) is 6.24. The molecule has 1 aromatic heterocycles. The summed E-state index contributed by atoms with van der Waals surface area (Å²) in [6.07, 6.45) is 8.50. The lowest BCUT2D eigenvalue weighted by Crippen LogP contribution is -2.43. The van der Waals surface area contributed by atoms with Gasteiger partial charge >= 0.3 is 0 Å². The van der Waals surface area contributed by atoms with Crippen LogP contribution < -0.4 is 4.74 Å². The third-order valence-corrected chi connectivity index (χ3v) is 11.6. The van der Waals surface area contributed by atoms with Crippen LogP contribution >= 0.6 is 0 Å². The van der Waals surface area contributed by atoms with Crippen molar-refractivity contribution in [2.45, 2.75) is 105 Å². The van der Waals surface area contributed by atoms with Crippen molar-refractivity contribution >= 4 is 11.8 Å². The molecule has 7 nitrogen and oxygen atoms in total. The largest absolute Gasteiger partial charge is 0.492 e. The molecule has 0 saturated heterocycles. The molecule has 53 heavy (non-hydrogen) atoms. The summed E-state index contributed by atoms with van der Waals surface area (Å²) in [5.74, 6) is 0.926. The molecule has 4 aromatic rings. The van der Waals surface area contributed by atoms with E-state index in [-0.39, 0.29) is 24.3 Å². The second-order valence-corrected chi connectivity index (χ2v) is 15.6. The fourth-order valence-corrected chi connectivity index (χ4v) is 8.29. The molecular weight excluding hydrogens is 657 g/mol. The number of rotatable bonds is 14. The molecule has 0 radical (unpaired) electrons. The van der Waals surface area contributed by atoms with Crippen LogP contribution in [-0.4, -0.2) is 70.9 Å². The standard InChI is InChI=1S/C46H60N4O3/c1-8-10-19-39-33(4)48(7)45(40(39)20-11-9-2)41-27-35-22-23-49(44(51)29-36-17-14-15-21-43(36)53-25-24-47(5)6)30-38(35)28-42(41)46(52)50-31-37-18-13-12-16-34(37)26-32(50)3/h12-18,21,27-28,32H,8-11,19-20,22-26,29-31H2,1-7H3/t32-/m1/s1. The molecule has 7 heteroatoms. The number of carbonyl (C=O) groups is 2. The smallest absolute Gasteiger partial charge is 0.255 e. The quantitative estimate of drug-likeness (QED) is 0.132. The van der Waals surface area contributed by atoms with E-state index >= 15 is 4.79 Å². The number of likely N-dealkylation sites (N-methyl/N-ethyl adjacent to an activating group) is 1. The topological polar surface area (TPSA) is 58.0 Å². The second kappa shape index (κ2) is 17.2. The highest BCUT2D eigenvalue weighted by atomic mass is 16.5. The van der Waals surface area contributed by atoms with Gasteiger partial charge in [0.15, 0.2) is 0 Å². The van der Waals surface area contributed by atoms with Gasteiger partial charge in [-0.25, -0.2) is 0 Å². The molecule has 282 valence electrons. The van der Waals surface area contributed by atoms with E-state index in [4.69, 9.17) is 4.74 Å². The molecule has 2 aliphatic rings. The Balaban J connectivity index is 1.38. The molecular formula is C46H60N4O3. The molecule has 0 fully saturated rings. The second-order valence-electron chi connectivity index (χ2n) is 15.6. The fraction of sp³-hybridized carbons (Fsp3) is 0.478. The number of carbonyl (C=O) groups excluding carboxylic acids is 2. The van der Waals surface area contributed by atoms with Gasteiger partial charge in [0.2, 0.25) is 5.91 Å². The van der Waals surface area contributed by atoms with Gasteiger partial charge in [0, 0.05) is 61.7 Å². The number of unbranched alkanes of at least 4 members (excludes halogenated alkanes) is 2. The summed E-state index contributed by atoms with van der Waals surface area (Å²) >= 11 is 0. The highest BCUT2D eigenvalue weighted by Gasteiger charge is 2.33. The molecule has 1 atom stereocenters. The summed E-state index contributed by atoms with van der Waals surface area (Å²) in [6, 6.07) is 21.0. The predicted molar refractivity (Wildman–Crippen MR) is 216 cm³/mol. The lowest BCUT2D eigenvalue weighted by molar-refractivity contribution is -0.131. The van der Waals surface area contributed by atoms with Gasteiger partial charge in [-0.2, -0.15) is 0 Å². The summed E-state index contributed by atoms with van der Waals surface area (Å²) < 4.78 is 8.46. The summed E-state index contributed by atoms with van der Waals surface area (Å²) in [4.78, 5) is 35.1. The number of para-hydroxylation sites is 1. The number of hydrogen-bond acceptors (Lipinski definition) is 4. The van der Waals surface area contributed by atoms with Gasteiger partial charge in [-0.15, -0.1) is 0 Å². The Morgan fingerprint density at radius 3 is 2.30 bits per heavy atom. The molecule has 2 amide bonds. The minimum atomic E-state index is 0.0763. The Labute approximate surface area is 317 Å². The van der Waals surface area contributed by atoms with E-state index in [9.17, 15) is 4.79 Å². The van der Waals surface area contributed by atoms with E-state index in [1.165, 1.54) is 39.2 Å². The number of amides is 2. The predicted octanol–water partition coefficient (Wildman–Crippen LogP) is 8.34. The number of aromatic nitrogens is 1. The van der Waals surface area contributed by atoms with Crippen LogP contribution in [0.2, 0.25) is 0 Å². The number of ether oxygens (including phenoxy) is 1. The number of fused-ring (bicyclic) bond motifs is 2. The van der Waals surface area contributed by atoms with Crippen molar-refractivity contribution in [3.8, 4) is 17.0 Å². The maximum Gasteiger partial charge on any atom is 0.255 e. The first-order valence-electron chi connectivity index (χ1n) is 19.9. The van der Waals surface area contributed by atoms with Gasteiger partial charge in [0.05, 0.1) is 12.1 Å². The lowest BCUT2D eigenvalue weighted by Gasteiger charge is -2.36. The summed E-state index contributed by atoms with van der Waals surface area (Å²) in [5, 5.41) is 0. The average Bonchev–Trinajstić information content (AvgIpc) is 3.39. The molecule has 0 saturated carbocycles. The first-order chi connectivity index (χ1) is 25.6. The molecule has 0 N–H and O–H groups in total. The SMILES string of the molecule is CCCCc1c(CCCC)c(-c2cc3c(cc2C(=O)N2Cc4ccccc4C[C@H]2C)CN(C(=O)Cc2ccccc2OCCN(C)C)CC3)n(C)c1C. The Kier molecular flexibility index (Phi) is 12.4. The highest BCUT2D eigenvalue weighted by molar-refractivity contribution is 6.02. The van der Waals surface area contributed by atoms with Crippen LogP contribution in [0.4, 0.5) is 0 Å². The van der Waals surface area contributed by atoms with Crippen molar-refractivity contribution in [2.24, 2.45) is 7.05 Å². The number of nitrogens with zero attached hydrogens (tertiary/aromatic N) is 4. The third kappa shape index (κ3) is 8.41. The Hall–Kier alpha value is -4.36. The Morgan fingerprint density at radius 2 is 1.57 bits per heavy atom. The molecule has 0 spiro atoms. The van der Waals surface area contributed by atoms with Crippen molar-refractivity contribution < 1.29 is 14.3 Å². The van der Waals surface area contributed by atoms with E-state index in [1.807, 2.05) is 43.3 Å². The van der Waals surface area contributed by atoms with Gasteiger partial charge in [-0.05, 0) is 118 Å². The maximum atomic E-state index is 15.0. The molecule has 0 aliphatic carbocycles. The molecule has 0 bridgehead atoms. The van der Waals surface area contributed by atoms with Gasteiger partial charge in [0.25, 0.3) is 5.91 Å². The van der Waals surface area contributed by atoms with Crippen molar-refractivity contribution in [3.63, 3.8) is 0 Å². The minimum Gasteiger partial charge on any atom is -0.492 e. The zero-order chi connectivity index (χ0) is 37.6. The van der Waals surface area contributed by atoms with Gasteiger partial charge in [0.1, 0.15) is 12.4 Å². The summed E-state index contributed by atoms with van der Waals surface area (Å²) in [5.41, 5.74) is 12.9.